The van der Waals surface area contributed by atoms with Gasteiger partial charge in [0, 0.05) is 20.2 Å². The Hall–Kier alpha value is -1.06. The number of hydrogen-bond acceptors (Lipinski definition) is 3. The minimum atomic E-state index is 0.549. The first kappa shape index (κ1) is 18.0. The average molecular weight is 293 g/mol. The summed E-state index contributed by atoms with van der Waals surface area (Å²) in [7, 11) is 1.74. The van der Waals surface area contributed by atoms with Gasteiger partial charge in [-0.3, -0.25) is 0 Å². The molecule has 0 heterocycles. The maximum absolute atomic E-state index is 5.53. The molecule has 0 spiro atoms. The van der Waals surface area contributed by atoms with Gasteiger partial charge in [-0.1, -0.05) is 38.8 Å². The molecule has 120 valence electrons. The van der Waals surface area contributed by atoms with Crippen molar-refractivity contribution in [2.45, 2.75) is 39.5 Å². The molecule has 0 saturated carbocycles. The van der Waals surface area contributed by atoms with Crippen LogP contribution in [0, 0.1) is 5.92 Å². The second-order valence-electron chi connectivity index (χ2n) is 5.38. The molecule has 1 atom stereocenters. The van der Waals surface area contributed by atoms with Crippen LogP contribution in [0.25, 0.3) is 0 Å². The minimum Gasteiger partial charge on any atom is -0.494 e. The summed E-state index contributed by atoms with van der Waals surface area (Å²) in [5.74, 6) is 2.21. The third-order valence-electron chi connectivity index (χ3n) is 4.08. The van der Waals surface area contributed by atoms with Crippen LogP contribution >= 0.6 is 0 Å². The molecular formula is C18H31NO2. The molecule has 1 unspecified atom stereocenters. The highest BCUT2D eigenvalue weighted by molar-refractivity contribution is 5.30. The third-order valence-corrected chi connectivity index (χ3v) is 4.08. The van der Waals surface area contributed by atoms with Crippen molar-refractivity contribution in [1.82, 2.24) is 5.32 Å². The molecule has 0 radical (unpaired) electrons. The van der Waals surface area contributed by atoms with Crippen molar-refractivity contribution in [3.63, 3.8) is 0 Å². The highest BCUT2D eigenvalue weighted by Crippen LogP contribution is 2.30. The van der Waals surface area contributed by atoms with Gasteiger partial charge < -0.3 is 14.8 Å². The molecular weight excluding hydrogens is 262 g/mol. The number of nitrogens with one attached hydrogen (secondary N) is 1. The Labute approximate surface area is 130 Å². The van der Waals surface area contributed by atoms with Gasteiger partial charge in [-0.2, -0.15) is 0 Å². The van der Waals surface area contributed by atoms with Gasteiger partial charge in [0.1, 0.15) is 5.75 Å². The Bertz CT molecular complexity index is 360. The highest BCUT2D eigenvalue weighted by Gasteiger charge is 2.20. The molecule has 1 N–H and O–H groups in total. The van der Waals surface area contributed by atoms with Gasteiger partial charge in [-0.15, -0.1) is 0 Å². The van der Waals surface area contributed by atoms with Crippen LogP contribution in [0.5, 0.6) is 5.75 Å². The van der Waals surface area contributed by atoms with Crippen molar-refractivity contribution in [3.05, 3.63) is 29.8 Å². The van der Waals surface area contributed by atoms with Crippen LogP contribution < -0.4 is 10.1 Å². The molecule has 0 aromatic heterocycles. The molecule has 3 heteroatoms. The number of benzene rings is 1. The van der Waals surface area contributed by atoms with Crippen molar-refractivity contribution >= 4 is 0 Å². The zero-order chi connectivity index (χ0) is 15.5. The van der Waals surface area contributed by atoms with E-state index < -0.39 is 0 Å². The zero-order valence-electron chi connectivity index (χ0n) is 14.0. The Morgan fingerprint density at radius 3 is 2.24 bits per heavy atom. The number of ether oxygens (including phenoxy) is 2. The van der Waals surface area contributed by atoms with Gasteiger partial charge >= 0.3 is 0 Å². The molecule has 0 saturated heterocycles. The lowest BCUT2D eigenvalue weighted by Gasteiger charge is -2.26. The predicted octanol–water partition coefficient (Wildman–Crippen LogP) is 3.84. The van der Waals surface area contributed by atoms with E-state index in [1.807, 2.05) is 6.92 Å². The minimum absolute atomic E-state index is 0.549. The summed E-state index contributed by atoms with van der Waals surface area (Å²) in [5.41, 5.74) is 1.40. The Morgan fingerprint density at radius 1 is 1.05 bits per heavy atom. The molecule has 1 rings (SSSR count). The van der Waals surface area contributed by atoms with E-state index in [1.54, 1.807) is 7.11 Å². The molecule has 1 aromatic carbocycles. The van der Waals surface area contributed by atoms with Crippen LogP contribution in [-0.4, -0.2) is 33.4 Å². The van der Waals surface area contributed by atoms with Crippen LogP contribution in [-0.2, 0) is 4.74 Å². The highest BCUT2D eigenvalue weighted by atomic mass is 16.5. The van der Waals surface area contributed by atoms with Crippen LogP contribution in [0.3, 0.4) is 0 Å². The van der Waals surface area contributed by atoms with Crippen LogP contribution in [0.1, 0.15) is 45.1 Å². The maximum Gasteiger partial charge on any atom is 0.119 e. The largest absolute Gasteiger partial charge is 0.494 e. The molecule has 0 fully saturated rings. The Balaban J connectivity index is 2.73. The summed E-state index contributed by atoms with van der Waals surface area (Å²) < 4.78 is 10.6. The summed E-state index contributed by atoms with van der Waals surface area (Å²) in [6.45, 7) is 9.97. The molecule has 0 aliphatic rings. The summed E-state index contributed by atoms with van der Waals surface area (Å²) in [4.78, 5) is 0. The van der Waals surface area contributed by atoms with Crippen LogP contribution in [0.2, 0.25) is 0 Å². The quantitative estimate of drug-likeness (QED) is 0.629. The van der Waals surface area contributed by atoms with Crippen molar-refractivity contribution < 1.29 is 9.47 Å². The van der Waals surface area contributed by atoms with Gasteiger partial charge in [0.2, 0.25) is 0 Å². The Kier molecular flexibility index (Phi) is 9.11. The lowest BCUT2D eigenvalue weighted by Crippen LogP contribution is -2.28. The van der Waals surface area contributed by atoms with E-state index in [-0.39, 0.29) is 0 Å². The lowest BCUT2D eigenvalue weighted by molar-refractivity contribution is 0.197. The molecule has 21 heavy (non-hydrogen) atoms. The predicted molar refractivity (Wildman–Crippen MR) is 89.2 cm³/mol. The summed E-state index contributed by atoms with van der Waals surface area (Å²) >= 11 is 0. The molecule has 3 nitrogen and oxygen atoms in total. The van der Waals surface area contributed by atoms with Crippen molar-refractivity contribution in [1.29, 1.82) is 0 Å². The standard InChI is InChI=1S/C18H31NO2/c1-5-15(6-2)18(14-19-12-13-20-4)16-8-10-17(11-9-16)21-7-3/h8-11,15,18-19H,5-7,12-14H2,1-4H3. The first-order valence-electron chi connectivity index (χ1n) is 8.19. The van der Waals surface area contributed by atoms with Gasteiger partial charge in [-0.05, 0) is 36.5 Å². The van der Waals surface area contributed by atoms with Crippen LogP contribution in [0.4, 0.5) is 0 Å². The zero-order valence-corrected chi connectivity index (χ0v) is 14.0. The fourth-order valence-corrected chi connectivity index (χ4v) is 2.82. The molecule has 1 aromatic rings. The monoisotopic (exact) mass is 293 g/mol. The second-order valence-corrected chi connectivity index (χ2v) is 5.38. The van der Waals surface area contributed by atoms with Crippen molar-refractivity contribution in [3.8, 4) is 5.75 Å². The third kappa shape index (κ3) is 6.06. The second kappa shape index (κ2) is 10.6. The van der Waals surface area contributed by atoms with E-state index in [4.69, 9.17) is 9.47 Å². The van der Waals surface area contributed by atoms with E-state index >= 15 is 0 Å². The van der Waals surface area contributed by atoms with Crippen molar-refractivity contribution in [2.24, 2.45) is 5.92 Å². The molecule has 0 bridgehead atoms. The molecule has 0 aliphatic carbocycles. The van der Waals surface area contributed by atoms with E-state index in [2.05, 4.69) is 43.4 Å². The number of rotatable bonds is 11. The first-order chi connectivity index (χ1) is 10.3. The fraction of sp³-hybridized carbons (Fsp3) is 0.667. The molecule has 0 amide bonds. The van der Waals surface area contributed by atoms with Crippen molar-refractivity contribution in [2.75, 3.05) is 33.4 Å². The van der Waals surface area contributed by atoms with Gasteiger partial charge in [0.25, 0.3) is 0 Å². The summed E-state index contributed by atoms with van der Waals surface area (Å²) in [6, 6.07) is 8.60. The van der Waals surface area contributed by atoms with Crippen LogP contribution in [0.15, 0.2) is 24.3 Å². The number of hydrogen-bond donors (Lipinski definition) is 1. The van der Waals surface area contributed by atoms with Gasteiger partial charge in [-0.25, -0.2) is 0 Å². The fourth-order valence-electron chi connectivity index (χ4n) is 2.82. The SMILES string of the molecule is CCOc1ccc(C(CNCCOC)C(CC)CC)cc1. The lowest BCUT2D eigenvalue weighted by atomic mass is 9.82. The van der Waals surface area contributed by atoms with Gasteiger partial charge in [0.05, 0.1) is 13.2 Å². The topological polar surface area (TPSA) is 30.5 Å². The normalized spacial score (nSPS) is 12.6. The van der Waals surface area contributed by atoms with E-state index in [0.717, 1.165) is 25.4 Å². The summed E-state index contributed by atoms with van der Waals surface area (Å²) in [5, 5.41) is 3.52. The number of methoxy groups -OCH3 is 1. The maximum atomic E-state index is 5.53. The van der Waals surface area contributed by atoms with Gasteiger partial charge in [0.15, 0.2) is 0 Å². The first-order valence-corrected chi connectivity index (χ1v) is 8.19. The van der Waals surface area contributed by atoms with E-state index in [1.165, 1.54) is 18.4 Å². The Morgan fingerprint density at radius 2 is 1.71 bits per heavy atom. The smallest absolute Gasteiger partial charge is 0.119 e. The van der Waals surface area contributed by atoms with E-state index in [0.29, 0.717) is 18.4 Å². The molecule has 0 aliphatic heterocycles. The van der Waals surface area contributed by atoms with E-state index in [9.17, 15) is 0 Å². The summed E-state index contributed by atoms with van der Waals surface area (Å²) in [6.07, 6.45) is 2.42. The average Bonchev–Trinajstić information content (AvgIpc) is 2.52.